The quantitative estimate of drug-likeness (QED) is 0.601. The Morgan fingerprint density at radius 2 is 2.18 bits per heavy atom. The Labute approximate surface area is 111 Å². The highest BCUT2D eigenvalue weighted by Gasteiger charge is 2.31. The summed E-state index contributed by atoms with van der Waals surface area (Å²) in [4.78, 5) is 2.63. The topological polar surface area (TPSA) is 15.3 Å². The van der Waals surface area contributed by atoms with E-state index in [2.05, 4.69) is 44.5 Å². The predicted octanol–water partition coefficient (Wildman–Crippen LogP) is 2.61. The van der Waals surface area contributed by atoms with Crippen LogP contribution >= 0.6 is 11.8 Å². The summed E-state index contributed by atoms with van der Waals surface area (Å²) in [5, 5.41) is 3.68. The van der Waals surface area contributed by atoms with E-state index in [0.29, 0.717) is 17.5 Å². The number of piperazine rings is 1. The molecule has 0 aromatic heterocycles. The van der Waals surface area contributed by atoms with Gasteiger partial charge in [0.1, 0.15) is 0 Å². The summed E-state index contributed by atoms with van der Waals surface area (Å²) in [6.45, 7) is 16.6. The molecular weight excluding hydrogens is 228 g/mol. The van der Waals surface area contributed by atoms with Gasteiger partial charge >= 0.3 is 0 Å². The van der Waals surface area contributed by atoms with Gasteiger partial charge in [-0.3, -0.25) is 4.90 Å². The van der Waals surface area contributed by atoms with E-state index in [1.165, 1.54) is 18.8 Å². The fraction of sp³-hybridized carbons (Fsp3) is 0.857. The van der Waals surface area contributed by atoms with Crippen LogP contribution in [0.15, 0.2) is 12.7 Å². The summed E-state index contributed by atoms with van der Waals surface area (Å²) in [7, 11) is 0. The summed E-state index contributed by atoms with van der Waals surface area (Å²) in [6.07, 6.45) is 1.99. The normalized spacial score (nSPS) is 27.1. The molecule has 2 nitrogen and oxygen atoms in total. The first-order valence-corrected chi connectivity index (χ1v) is 7.76. The molecule has 1 aliphatic heterocycles. The first-order chi connectivity index (χ1) is 7.95. The lowest BCUT2D eigenvalue weighted by Crippen LogP contribution is -2.59. The molecule has 0 spiro atoms. The molecule has 1 saturated heterocycles. The van der Waals surface area contributed by atoms with E-state index in [0.717, 1.165) is 12.3 Å². The van der Waals surface area contributed by atoms with E-state index in [1.807, 2.05) is 17.8 Å². The predicted molar refractivity (Wildman–Crippen MR) is 79.8 cm³/mol. The van der Waals surface area contributed by atoms with Crippen molar-refractivity contribution in [2.45, 2.75) is 39.8 Å². The molecule has 0 aliphatic carbocycles. The first kappa shape index (κ1) is 15.1. The molecule has 1 rings (SSSR count). The Hall–Kier alpha value is 0.01000. The third kappa shape index (κ3) is 5.02. The summed E-state index contributed by atoms with van der Waals surface area (Å²) in [6, 6.07) is 1.28. The maximum atomic E-state index is 3.76. The minimum atomic E-state index is 0.354. The van der Waals surface area contributed by atoms with Crippen LogP contribution in [-0.2, 0) is 0 Å². The van der Waals surface area contributed by atoms with Crippen LogP contribution in [0.25, 0.3) is 0 Å². The lowest BCUT2D eigenvalue weighted by molar-refractivity contribution is 0.0996. The fourth-order valence-corrected chi connectivity index (χ4v) is 2.86. The Kier molecular flexibility index (Phi) is 6.04. The average molecular weight is 256 g/mol. The zero-order valence-corrected chi connectivity index (χ0v) is 12.6. The molecule has 1 fully saturated rings. The second-order valence-corrected chi connectivity index (χ2v) is 7.18. The Morgan fingerprint density at radius 1 is 1.47 bits per heavy atom. The van der Waals surface area contributed by atoms with Crippen molar-refractivity contribution in [3.05, 3.63) is 12.7 Å². The van der Waals surface area contributed by atoms with E-state index in [1.54, 1.807) is 0 Å². The van der Waals surface area contributed by atoms with Gasteiger partial charge in [0.05, 0.1) is 0 Å². The molecule has 2 unspecified atom stereocenters. The van der Waals surface area contributed by atoms with Crippen molar-refractivity contribution in [1.29, 1.82) is 0 Å². The summed E-state index contributed by atoms with van der Waals surface area (Å²) in [5.74, 6) is 2.29. The molecule has 0 aromatic carbocycles. The second-order valence-electron chi connectivity index (χ2n) is 6.03. The molecule has 0 radical (unpaired) electrons. The van der Waals surface area contributed by atoms with Crippen molar-refractivity contribution in [3.8, 4) is 0 Å². The Balaban J connectivity index is 2.38. The number of thioether (sulfide) groups is 1. The number of nitrogens with one attached hydrogen (secondary N) is 1. The maximum absolute atomic E-state index is 3.76. The first-order valence-electron chi connectivity index (χ1n) is 6.61. The van der Waals surface area contributed by atoms with Crippen LogP contribution in [0.2, 0.25) is 0 Å². The molecule has 1 aliphatic rings. The third-order valence-corrected chi connectivity index (χ3v) is 4.45. The highest BCUT2D eigenvalue weighted by Crippen LogP contribution is 2.23. The molecule has 0 aromatic rings. The molecule has 1 N–H and O–H groups in total. The van der Waals surface area contributed by atoms with Crippen LogP contribution in [0.1, 0.15) is 27.7 Å². The molecule has 3 heteroatoms. The van der Waals surface area contributed by atoms with Gasteiger partial charge in [-0.1, -0.05) is 26.8 Å². The fourth-order valence-electron chi connectivity index (χ4n) is 2.16. The van der Waals surface area contributed by atoms with E-state index < -0.39 is 0 Å². The van der Waals surface area contributed by atoms with Crippen molar-refractivity contribution >= 4 is 11.8 Å². The van der Waals surface area contributed by atoms with Gasteiger partial charge in [0.25, 0.3) is 0 Å². The summed E-state index contributed by atoms with van der Waals surface area (Å²) in [5.41, 5.74) is 0.354. The zero-order chi connectivity index (χ0) is 12.9. The largest absolute Gasteiger partial charge is 0.311 e. The zero-order valence-electron chi connectivity index (χ0n) is 11.8. The van der Waals surface area contributed by atoms with Gasteiger partial charge in [0.2, 0.25) is 0 Å². The minimum absolute atomic E-state index is 0.354. The van der Waals surface area contributed by atoms with Gasteiger partial charge < -0.3 is 5.32 Å². The lowest BCUT2D eigenvalue weighted by Gasteiger charge is -2.44. The molecule has 17 heavy (non-hydrogen) atoms. The van der Waals surface area contributed by atoms with Crippen LogP contribution in [-0.4, -0.2) is 48.1 Å². The van der Waals surface area contributed by atoms with Gasteiger partial charge in [-0.05, 0) is 12.3 Å². The number of hydrogen-bond acceptors (Lipinski definition) is 3. The number of nitrogens with zero attached hydrogens (tertiary/aromatic N) is 1. The maximum Gasteiger partial charge on any atom is 0.0244 e. The van der Waals surface area contributed by atoms with E-state index in [9.17, 15) is 0 Å². The van der Waals surface area contributed by atoms with Crippen LogP contribution in [0.5, 0.6) is 0 Å². The molecule has 0 amide bonds. The van der Waals surface area contributed by atoms with Crippen molar-refractivity contribution < 1.29 is 0 Å². The van der Waals surface area contributed by atoms with Gasteiger partial charge in [-0.15, -0.1) is 6.58 Å². The smallest absolute Gasteiger partial charge is 0.0244 e. The monoisotopic (exact) mass is 256 g/mol. The van der Waals surface area contributed by atoms with E-state index >= 15 is 0 Å². The van der Waals surface area contributed by atoms with Crippen LogP contribution < -0.4 is 5.32 Å². The minimum Gasteiger partial charge on any atom is -0.311 e. The van der Waals surface area contributed by atoms with Gasteiger partial charge in [-0.25, -0.2) is 0 Å². The number of rotatable bonds is 5. The third-order valence-electron chi connectivity index (χ3n) is 3.50. The molecule has 0 saturated carbocycles. The van der Waals surface area contributed by atoms with Crippen molar-refractivity contribution in [2.75, 3.05) is 31.1 Å². The van der Waals surface area contributed by atoms with Gasteiger partial charge in [0.15, 0.2) is 0 Å². The Morgan fingerprint density at radius 3 is 2.76 bits per heavy atom. The van der Waals surface area contributed by atoms with Crippen molar-refractivity contribution in [2.24, 2.45) is 5.41 Å². The lowest BCUT2D eigenvalue weighted by atomic mass is 9.85. The van der Waals surface area contributed by atoms with Crippen molar-refractivity contribution in [3.63, 3.8) is 0 Å². The van der Waals surface area contributed by atoms with Crippen LogP contribution in [0.3, 0.4) is 0 Å². The van der Waals surface area contributed by atoms with Gasteiger partial charge in [-0.2, -0.15) is 11.8 Å². The molecule has 2 atom stereocenters. The highest BCUT2D eigenvalue weighted by atomic mass is 32.2. The number of hydrogen-bond donors (Lipinski definition) is 1. The standard InChI is InChI=1S/C14H28N2S/c1-6-8-17-9-7-16-11-13(14(3,4)5)15-10-12(16)2/h6,12-13,15H,1,7-11H2,2-5H3. The molecular formula is C14H28N2S. The van der Waals surface area contributed by atoms with Crippen molar-refractivity contribution in [1.82, 2.24) is 10.2 Å². The molecule has 1 heterocycles. The second kappa shape index (κ2) is 6.81. The summed E-state index contributed by atoms with van der Waals surface area (Å²) < 4.78 is 0. The van der Waals surface area contributed by atoms with E-state index in [4.69, 9.17) is 0 Å². The highest BCUT2D eigenvalue weighted by molar-refractivity contribution is 7.99. The average Bonchev–Trinajstić information content (AvgIpc) is 2.25. The molecule has 0 bridgehead atoms. The SMILES string of the molecule is C=CCSCCN1CC(C(C)(C)C)NCC1C. The van der Waals surface area contributed by atoms with E-state index in [-0.39, 0.29) is 0 Å². The Bertz CT molecular complexity index is 235. The van der Waals surface area contributed by atoms with Gasteiger partial charge in [0, 0.05) is 43.2 Å². The summed E-state index contributed by atoms with van der Waals surface area (Å²) >= 11 is 1.98. The van der Waals surface area contributed by atoms with Crippen LogP contribution in [0, 0.1) is 5.41 Å². The van der Waals surface area contributed by atoms with Crippen LogP contribution in [0.4, 0.5) is 0 Å². The molecule has 100 valence electrons.